The summed E-state index contributed by atoms with van der Waals surface area (Å²) in [5, 5.41) is 2.80. The van der Waals surface area contributed by atoms with Gasteiger partial charge in [0, 0.05) is 37.1 Å². The molecule has 0 saturated carbocycles. The molecule has 1 aromatic heterocycles. The van der Waals surface area contributed by atoms with E-state index in [1.54, 1.807) is 55.8 Å². The molecular weight excluding hydrogens is 438 g/mol. The van der Waals surface area contributed by atoms with Crippen LogP contribution in [0.4, 0.5) is 0 Å². The number of amides is 1. The van der Waals surface area contributed by atoms with Crippen molar-refractivity contribution in [3.8, 4) is 23.0 Å². The average Bonchev–Trinajstić information content (AvgIpc) is 3.39. The number of Topliss-reactive ketones (excluding diaryl/α,β-unsaturated/α-hetero) is 1. The molecule has 176 valence electrons. The van der Waals surface area contributed by atoms with Gasteiger partial charge < -0.3 is 28.8 Å². The molecule has 1 N–H and O–H groups in total. The van der Waals surface area contributed by atoms with E-state index in [-0.39, 0.29) is 24.1 Å². The first-order valence-corrected chi connectivity index (χ1v) is 10.7. The highest BCUT2D eigenvalue weighted by Gasteiger charge is 2.28. The van der Waals surface area contributed by atoms with E-state index in [9.17, 15) is 9.59 Å². The second kappa shape index (κ2) is 10.1. The third kappa shape index (κ3) is 4.88. The predicted octanol–water partition coefficient (Wildman–Crippen LogP) is 3.02. The molecule has 0 aliphatic carbocycles. The smallest absolute Gasteiger partial charge is 0.258 e. The van der Waals surface area contributed by atoms with Gasteiger partial charge in [0.25, 0.3) is 5.91 Å². The first-order chi connectivity index (χ1) is 16.5. The molecule has 1 aliphatic rings. The summed E-state index contributed by atoms with van der Waals surface area (Å²) in [5.41, 5.74) is 1.07. The number of benzene rings is 2. The molecule has 0 bridgehead atoms. The number of nitrogens with zero attached hydrogens (tertiary/aromatic N) is 2. The minimum atomic E-state index is -0.251. The molecule has 4 rings (SSSR count). The maximum Gasteiger partial charge on any atom is 0.258 e. The summed E-state index contributed by atoms with van der Waals surface area (Å²) in [7, 11) is 3.08. The minimum Gasteiger partial charge on any atom is -0.493 e. The van der Waals surface area contributed by atoms with Crippen molar-refractivity contribution in [2.45, 2.75) is 13.5 Å². The highest BCUT2D eigenvalue weighted by molar-refractivity contribution is 6.14. The van der Waals surface area contributed by atoms with Gasteiger partial charge in [0.15, 0.2) is 23.9 Å². The quantitative estimate of drug-likeness (QED) is 0.487. The zero-order valence-corrected chi connectivity index (χ0v) is 19.2. The number of allylic oxidation sites excluding steroid dienone is 1. The first-order valence-electron chi connectivity index (χ1n) is 10.7. The fourth-order valence-corrected chi connectivity index (χ4v) is 3.58. The molecule has 0 atom stereocenters. The van der Waals surface area contributed by atoms with Crippen LogP contribution in [0.15, 0.2) is 54.6 Å². The number of aryl methyl sites for hydroxylation is 1. The standard InChI is InChI=1S/C25H25N3O6/c1-16-26-9-11-28(16)12-10-27-23(29)15-33-18-7-8-19-21(14-18)34-22(24(19)30)13-17-5-4-6-20(31-2)25(17)32-3/h4-9,11,13-14H,10,12,15H2,1-3H3,(H,27,29). The lowest BCUT2D eigenvalue weighted by Crippen LogP contribution is -2.31. The second-order valence-electron chi connectivity index (χ2n) is 7.49. The fraction of sp³-hybridized carbons (Fsp3) is 0.240. The molecule has 3 aromatic rings. The number of ether oxygens (including phenoxy) is 4. The summed E-state index contributed by atoms with van der Waals surface area (Å²) >= 11 is 0. The van der Waals surface area contributed by atoms with E-state index in [2.05, 4.69) is 10.3 Å². The van der Waals surface area contributed by atoms with Crippen molar-refractivity contribution in [1.29, 1.82) is 0 Å². The van der Waals surface area contributed by atoms with Crippen LogP contribution in [0.3, 0.4) is 0 Å². The van der Waals surface area contributed by atoms with Crippen LogP contribution in [0.5, 0.6) is 23.0 Å². The van der Waals surface area contributed by atoms with Gasteiger partial charge in [-0.25, -0.2) is 4.98 Å². The van der Waals surface area contributed by atoms with Crippen LogP contribution in [0.25, 0.3) is 6.08 Å². The zero-order valence-electron chi connectivity index (χ0n) is 19.2. The van der Waals surface area contributed by atoms with Crippen molar-refractivity contribution in [2.75, 3.05) is 27.4 Å². The molecule has 2 aromatic carbocycles. The summed E-state index contributed by atoms with van der Waals surface area (Å²) in [6, 6.07) is 10.2. The summed E-state index contributed by atoms with van der Waals surface area (Å²) in [5.74, 6) is 2.39. The molecule has 2 heterocycles. The summed E-state index contributed by atoms with van der Waals surface area (Å²) in [6.07, 6.45) is 5.19. The summed E-state index contributed by atoms with van der Waals surface area (Å²) in [4.78, 5) is 29.0. The van der Waals surface area contributed by atoms with Crippen LogP contribution in [0.2, 0.25) is 0 Å². The van der Waals surface area contributed by atoms with Crippen molar-refractivity contribution in [1.82, 2.24) is 14.9 Å². The van der Waals surface area contributed by atoms with Gasteiger partial charge in [-0.3, -0.25) is 9.59 Å². The number of methoxy groups -OCH3 is 2. The number of para-hydroxylation sites is 1. The van der Waals surface area contributed by atoms with Gasteiger partial charge in [0.2, 0.25) is 5.78 Å². The van der Waals surface area contributed by atoms with Crippen molar-refractivity contribution in [2.24, 2.45) is 0 Å². The predicted molar refractivity (Wildman–Crippen MR) is 124 cm³/mol. The summed E-state index contributed by atoms with van der Waals surface area (Å²) in [6.45, 7) is 2.83. The Balaban J connectivity index is 1.37. The van der Waals surface area contributed by atoms with E-state index in [0.717, 1.165) is 5.82 Å². The van der Waals surface area contributed by atoms with E-state index in [0.29, 0.717) is 47.2 Å². The lowest BCUT2D eigenvalue weighted by atomic mass is 10.1. The van der Waals surface area contributed by atoms with E-state index in [1.165, 1.54) is 7.11 Å². The van der Waals surface area contributed by atoms with Crippen LogP contribution in [-0.2, 0) is 11.3 Å². The zero-order chi connectivity index (χ0) is 24.1. The largest absolute Gasteiger partial charge is 0.493 e. The lowest BCUT2D eigenvalue weighted by Gasteiger charge is -2.10. The Bertz CT molecular complexity index is 1250. The molecule has 1 aliphatic heterocycles. The third-order valence-corrected chi connectivity index (χ3v) is 5.33. The molecule has 1 amide bonds. The van der Waals surface area contributed by atoms with Crippen LogP contribution in [0, 0.1) is 6.92 Å². The van der Waals surface area contributed by atoms with Gasteiger partial charge in [-0.1, -0.05) is 12.1 Å². The Morgan fingerprint density at radius 3 is 2.79 bits per heavy atom. The Kier molecular flexibility index (Phi) is 6.82. The number of nitrogens with one attached hydrogen (secondary N) is 1. The van der Waals surface area contributed by atoms with Crippen LogP contribution in [-0.4, -0.2) is 48.6 Å². The molecule has 0 radical (unpaired) electrons. The van der Waals surface area contributed by atoms with Crippen molar-refractivity contribution < 1.29 is 28.5 Å². The number of imidazole rings is 1. The fourth-order valence-electron chi connectivity index (χ4n) is 3.58. The normalized spacial score (nSPS) is 13.4. The average molecular weight is 463 g/mol. The van der Waals surface area contributed by atoms with Crippen molar-refractivity contribution >= 4 is 17.8 Å². The topological polar surface area (TPSA) is 101 Å². The van der Waals surface area contributed by atoms with Gasteiger partial charge in [-0.05, 0) is 31.2 Å². The molecular formula is C25H25N3O6. The number of hydrogen-bond acceptors (Lipinski definition) is 7. The number of rotatable bonds is 9. The first kappa shape index (κ1) is 22.9. The van der Waals surface area contributed by atoms with E-state index in [4.69, 9.17) is 18.9 Å². The Hall–Kier alpha value is -4.27. The Morgan fingerprint density at radius 1 is 1.21 bits per heavy atom. The Labute approximate surface area is 196 Å². The molecule has 34 heavy (non-hydrogen) atoms. The second-order valence-corrected chi connectivity index (χ2v) is 7.49. The molecule has 9 nitrogen and oxygen atoms in total. The molecule has 9 heteroatoms. The number of fused-ring (bicyclic) bond motifs is 1. The maximum atomic E-state index is 12.8. The van der Waals surface area contributed by atoms with Gasteiger partial charge in [0.1, 0.15) is 17.3 Å². The molecule has 0 saturated heterocycles. The van der Waals surface area contributed by atoms with Crippen molar-refractivity contribution in [3.63, 3.8) is 0 Å². The third-order valence-electron chi connectivity index (χ3n) is 5.33. The van der Waals surface area contributed by atoms with Gasteiger partial charge in [-0.15, -0.1) is 0 Å². The highest BCUT2D eigenvalue weighted by atomic mass is 16.5. The van der Waals surface area contributed by atoms with Gasteiger partial charge in [-0.2, -0.15) is 0 Å². The Morgan fingerprint density at radius 2 is 2.06 bits per heavy atom. The maximum absolute atomic E-state index is 12.8. The molecule has 0 fully saturated rings. The number of hydrogen-bond donors (Lipinski definition) is 1. The molecule has 0 spiro atoms. The van der Waals surface area contributed by atoms with Gasteiger partial charge in [0.05, 0.1) is 19.8 Å². The SMILES string of the molecule is COc1cccc(C=C2Oc3cc(OCC(=O)NCCn4ccnc4C)ccc3C2=O)c1OC. The lowest BCUT2D eigenvalue weighted by molar-refractivity contribution is -0.123. The van der Waals surface area contributed by atoms with Crippen molar-refractivity contribution in [3.05, 3.63) is 71.5 Å². The minimum absolute atomic E-state index is 0.153. The number of ketones is 1. The van der Waals surface area contributed by atoms with Crippen LogP contribution < -0.4 is 24.3 Å². The number of aromatic nitrogens is 2. The number of carbonyl (C=O) groups is 2. The monoisotopic (exact) mass is 463 g/mol. The highest BCUT2D eigenvalue weighted by Crippen LogP contribution is 2.37. The van der Waals surface area contributed by atoms with E-state index < -0.39 is 0 Å². The van der Waals surface area contributed by atoms with E-state index in [1.807, 2.05) is 17.7 Å². The van der Waals surface area contributed by atoms with Gasteiger partial charge >= 0.3 is 0 Å². The van der Waals surface area contributed by atoms with Crippen LogP contribution >= 0.6 is 0 Å². The molecule has 0 unspecified atom stereocenters. The van der Waals surface area contributed by atoms with E-state index >= 15 is 0 Å². The number of carbonyl (C=O) groups excluding carboxylic acids is 2. The summed E-state index contributed by atoms with van der Waals surface area (Å²) < 4.78 is 24.0. The van der Waals surface area contributed by atoms with Crippen LogP contribution in [0.1, 0.15) is 21.7 Å².